The van der Waals surface area contributed by atoms with Crippen molar-refractivity contribution in [2.45, 2.75) is 18.8 Å². The van der Waals surface area contributed by atoms with E-state index in [2.05, 4.69) is 43.3 Å². The fraction of sp³-hybridized carbons (Fsp3) is 0.333. The molecule has 4 heteroatoms. The van der Waals surface area contributed by atoms with E-state index in [1.165, 1.54) is 11.1 Å². The molecule has 0 saturated carbocycles. The quantitative estimate of drug-likeness (QED) is 0.775. The summed E-state index contributed by atoms with van der Waals surface area (Å²) in [6, 6.07) is 14.4. The first-order valence-electron chi connectivity index (χ1n) is 7.66. The summed E-state index contributed by atoms with van der Waals surface area (Å²) in [6.07, 6.45) is 2.24. The number of benzene rings is 2. The molecular weight excluding hydrogens is 290 g/mol. The van der Waals surface area contributed by atoms with Gasteiger partial charge in [-0.3, -0.25) is 0 Å². The standard InChI is InChI=1S/C18H20BClN2/c1-21(2)11-5-7-14-15-6-3-4-8-17(15)22(19)18-10-9-13(20)12-16(14)18/h3-4,6,8-10,12,14H,5,7,11H2,1-2H3. The molecule has 0 N–H and O–H groups in total. The van der Waals surface area contributed by atoms with E-state index >= 15 is 0 Å². The second kappa shape index (κ2) is 6.35. The van der Waals surface area contributed by atoms with E-state index in [4.69, 9.17) is 19.6 Å². The van der Waals surface area contributed by atoms with Crippen LogP contribution in [0, 0.1) is 0 Å². The second-order valence-corrected chi connectivity index (χ2v) is 6.57. The highest BCUT2D eigenvalue weighted by Crippen LogP contribution is 2.46. The summed E-state index contributed by atoms with van der Waals surface area (Å²) in [5, 5.41) is 0.768. The van der Waals surface area contributed by atoms with Crippen LogP contribution in [0.15, 0.2) is 42.5 Å². The Bertz CT molecular complexity index is 672. The molecule has 0 saturated heterocycles. The number of fused-ring (bicyclic) bond motifs is 2. The molecule has 2 nitrogen and oxygen atoms in total. The Labute approximate surface area is 139 Å². The van der Waals surface area contributed by atoms with Gasteiger partial charge in [0.1, 0.15) is 0 Å². The van der Waals surface area contributed by atoms with Crippen LogP contribution in [0.5, 0.6) is 0 Å². The van der Waals surface area contributed by atoms with E-state index in [0.29, 0.717) is 5.92 Å². The molecule has 0 fully saturated rings. The zero-order chi connectivity index (χ0) is 15.7. The fourth-order valence-electron chi connectivity index (χ4n) is 3.25. The van der Waals surface area contributed by atoms with Gasteiger partial charge >= 0.3 is 0 Å². The Morgan fingerprint density at radius 1 is 1.09 bits per heavy atom. The van der Waals surface area contributed by atoms with E-state index in [1.807, 2.05) is 18.2 Å². The maximum Gasteiger partial charge on any atom is 0.234 e. The van der Waals surface area contributed by atoms with Crippen LogP contribution in [-0.4, -0.2) is 33.5 Å². The predicted molar refractivity (Wildman–Crippen MR) is 95.4 cm³/mol. The van der Waals surface area contributed by atoms with Gasteiger partial charge in [-0.05, 0) is 68.9 Å². The first kappa shape index (κ1) is 15.5. The second-order valence-electron chi connectivity index (χ2n) is 6.13. The van der Waals surface area contributed by atoms with Crippen LogP contribution in [0.4, 0.5) is 11.4 Å². The fourth-order valence-corrected chi connectivity index (χ4v) is 3.43. The molecule has 1 unspecified atom stereocenters. The minimum absolute atomic E-state index is 0.352. The van der Waals surface area contributed by atoms with Gasteiger partial charge in [0.05, 0.1) is 0 Å². The summed E-state index contributed by atoms with van der Waals surface area (Å²) in [5.74, 6) is 0.352. The summed E-state index contributed by atoms with van der Waals surface area (Å²) in [5.41, 5.74) is 4.66. The smallest absolute Gasteiger partial charge is 0.234 e. The van der Waals surface area contributed by atoms with Crippen molar-refractivity contribution in [1.29, 1.82) is 0 Å². The van der Waals surface area contributed by atoms with Gasteiger partial charge in [-0.2, -0.15) is 0 Å². The maximum absolute atomic E-state index is 6.33. The summed E-state index contributed by atoms with van der Waals surface area (Å²) < 4.78 is 0. The van der Waals surface area contributed by atoms with Gasteiger partial charge in [0, 0.05) is 22.3 Å². The number of anilines is 2. The Morgan fingerprint density at radius 2 is 1.82 bits per heavy atom. The van der Waals surface area contributed by atoms with Gasteiger partial charge in [0.2, 0.25) is 7.98 Å². The van der Waals surface area contributed by atoms with Gasteiger partial charge in [0.15, 0.2) is 0 Å². The van der Waals surface area contributed by atoms with Crippen LogP contribution in [0.1, 0.15) is 29.9 Å². The Morgan fingerprint density at radius 3 is 2.59 bits per heavy atom. The molecule has 3 rings (SSSR count). The van der Waals surface area contributed by atoms with Gasteiger partial charge < -0.3 is 9.71 Å². The third-order valence-corrected chi connectivity index (χ3v) is 4.53. The predicted octanol–water partition coefficient (Wildman–Crippen LogP) is 4.35. The largest absolute Gasteiger partial charge is 0.397 e. The normalized spacial score (nSPS) is 16.5. The van der Waals surface area contributed by atoms with Crippen molar-refractivity contribution in [2.24, 2.45) is 0 Å². The highest BCUT2D eigenvalue weighted by molar-refractivity contribution is 6.31. The number of hydrogen-bond acceptors (Lipinski definition) is 2. The Hall–Kier alpha value is -1.45. The highest BCUT2D eigenvalue weighted by atomic mass is 35.5. The van der Waals surface area contributed by atoms with Gasteiger partial charge in [-0.25, -0.2) is 0 Å². The first-order chi connectivity index (χ1) is 10.6. The average molecular weight is 311 g/mol. The van der Waals surface area contributed by atoms with E-state index in [9.17, 15) is 0 Å². The topological polar surface area (TPSA) is 6.48 Å². The van der Waals surface area contributed by atoms with Crippen LogP contribution in [0.25, 0.3) is 0 Å². The number of rotatable bonds is 4. The minimum Gasteiger partial charge on any atom is -0.397 e. The number of halogens is 1. The minimum atomic E-state index is 0.352. The molecular formula is C18H20BClN2. The SMILES string of the molecule is [B]N1c2ccccc2C(CCCN(C)C)c2cc(Cl)ccc21. The van der Waals surface area contributed by atoms with Gasteiger partial charge in [-0.1, -0.05) is 29.8 Å². The van der Waals surface area contributed by atoms with Crippen molar-refractivity contribution in [3.63, 3.8) is 0 Å². The molecule has 0 bridgehead atoms. The van der Waals surface area contributed by atoms with Crippen molar-refractivity contribution in [3.05, 3.63) is 58.6 Å². The monoisotopic (exact) mass is 310 g/mol. The Balaban J connectivity index is 2.01. The Kier molecular flexibility index (Phi) is 4.46. The lowest BCUT2D eigenvalue weighted by molar-refractivity contribution is 0.389. The molecule has 1 heterocycles. The third kappa shape index (κ3) is 2.88. The van der Waals surface area contributed by atoms with Crippen molar-refractivity contribution in [2.75, 3.05) is 25.5 Å². The van der Waals surface area contributed by atoms with Crippen LogP contribution in [0.2, 0.25) is 5.02 Å². The maximum atomic E-state index is 6.33. The van der Waals surface area contributed by atoms with E-state index in [0.717, 1.165) is 35.8 Å². The molecule has 1 aliphatic heterocycles. The molecule has 112 valence electrons. The number of para-hydroxylation sites is 1. The summed E-state index contributed by atoms with van der Waals surface area (Å²) >= 11 is 6.23. The lowest BCUT2D eigenvalue weighted by Gasteiger charge is -2.36. The van der Waals surface area contributed by atoms with Crippen LogP contribution in [-0.2, 0) is 0 Å². The molecule has 1 atom stereocenters. The van der Waals surface area contributed by atoms with Crippen LogP contribution in [0.3, 0.4) is 0 Å². The van der Waals surface area contributed by atoms with Crippen molar-refractivity contribution in [3.8, 4) is 0 Å². The number of hydrogen-bond donors (Lipinski definition) is 0. The summed E-state index contributed by atoms with van der Waals surface area (Å²) in [4.78, 5) is 4.01. The summed E-state index contributed by atoms with van der Waals surface area (Å²) in [7, 11) is 10.6. The van der Waals surface area contributed by atoms with Gasteiger partial charge in [0.25, 0.3) is 0 Å². The first-order valence-corrected chi connectivity index (χ1v) is 8.03. The van der Waals surface area contributed by atoms with E-state index in [-0.39, 0.29) is 0 Å². The zero-order valence-electron chi connectivity index (χ0n) is 13.1. The molecule has 22 heavy (non-hydrogen) atoms. The molecule has 2 aromatic carbocycles. The van der Waals surface area contributed by atoms with E-state index < -0.39 is 0 Å². The van der Waals surface area contributed by atoms with E-state index in [1.54, 1.807) is 4.81 Å². The van der Waals surface area contributed by atoms with Crippen LogP contribution >= 0.6 is 11.6 Å². The lowest BCUT2D eigenvalue weighted by Crippen LogP contribution is -2.23. The third-order valence-electron chi connectivity index (χ3n) is 4.29. The molecule has 0 aliphatic carbocycles. The highest BCUT2D eigenvalue weighted by Gasteiger charge is 2.27. The lowest BCUT2D eigenvalue weighted by atomic mass is 9.81. The zero-order valence-corrected chi connectivity index (χ0v) is 13.8. The molecule has 2 radical (unpaired) electrons. The number of nitrogens with zero attached hydrogens (tertiary/aromatic N) is 2. The molecule has 0 amide bonds. The van der Waals surface area contributed by atoms with Crippen molar-refractivity contribution >= 4 is 31.0 Å². The molecule has 0 spiro atoms. The molecule has 0 aromatic heterocycles. The van der Waals surface area contributed by atoms with Crippen molar-refractivity contribution in [1.82, 2.24) is 4.90 Å². The molecule has 2 aromatic rings. The summed E-state index contributed by atoms with van der Waals surface area (Å²) in [6.45, 7) is 1.08. The van der Waals surface area contributed by atoms with Crippen LogP contribution < -0.4 is 4.81 Å². The molecule has 1 aliphatic rings. The van der Waals surface area contributed by atoms with Crippen molar-refractivity contribution < 1.29 is 0 Å². The average Bonchev–Trinajstić information content (AvgIpc) is 2.50. The van der Waals surface area contributed by atoms with Gasteiger partial charge in [-0.15, -0.1) is 0 Å².